The van der Waals surface area contributed by atoms with Gasteiger partial charge in [-0.1, -0.05) is 6.08 Å². The van der Waals surface area contributed by atoms with Gasteiger partial charge in [0.25, 0.3) is 0 Å². The highest BCUT2D eigenvalue weighted by molar-refractivity contribution is 5.91. The molecule has 2 heteroatoms. The highest BCUT2D eigenvalue weighted by atomic mass is 16.5. The summed E-state index contributed by atoms with van der Waals surface area (Å²) in [5.74, 6) is 0.516. The van der Waals surface area contributed by atoms with E-state index in [1.54, 1.807) is 6.08 Å². The number of ether oxygens (including phenoxy) is 1. The zero-order valence-electron chi connectivity index (χ0n) is 8.79. The minimum absolute atomic E-state index is 0.0974. The fourth-order valence-electron chi connectivity index (χ4n) is 2.49. The Hall–Kier alpha value is -0.630. The molecule has 1 saturated carbocycles. The van der Waals surface area contributed by atoms with Gasteiger partial charge in [0, 0.05) is 12.5 Å². The number of ketones is 1. The van der Waals surface area contributed by atoms with Crippen molar-refractivity contribution in [2.75, 3.05) is 6.61 Å². The standard InChI is InChI=1S/C12H18O2/c1-2-4-11(13)10-5-8-14-12(9-10)6-3-7-12/h2,4,10H,3,5-9H2,1H3/b4-2+. The summed E-state index contributed by atoms with van der Waals surface area (Å²) in [6.45, 7) is 2.67. The molecule has 2 aliphatic rings. The summed E-state index contributed by atoms with van der Waals surface area (Å²) in [6, 6.07) is 0. The summed E-state index contributed by atoms with van der Waals surface area (Å²) in [4.78, 5) is 11.7. The van der Waals surface area contributed by atoms with E-state index in [1.165, 1.54) is 6.42 Å². The largest absolute Gasteiger partial charge is 0.375 e. The number of hydrogen-bond donors (Lipinski definition) is 0. The van der Waals surface area contributed by atoms with Gasteiger partial charge in [-0.2, -0.15) is 0 Å². The van der Waals surface area contributed by atoms with Crippen LogP contribution in [0.2, 0.25) is 0 Å². The summed E-state index contributed by atoms with van der Waals surface area (Å²) in [7, 11) is 0. The number of carbonyl (C=O) groups is 1. The third-order valence-electron chi connectivity index (χ3n) is 3.49. The van der Waals surface area contributed by atoms with Crippen LogP contribution in [-0.2, 0) is 9.53 Å². The first-order valence-corrected chi connectivity index (χ1v) is 5.56. The average molecular weight is 194 g/mol. The van der Waals surface area contributed by atoms with Gasteiger partial charge in [0.2, 0.25) is 0 Å². The van der Waals surface area contributed by atoms with Gasteiger partial charge in [0.1, 0.15) is 0 Å². The topological polar surface area (TPSA) is 26.3 Å². The molecular weight excluding hydrogens is 176 g/mol. The van der Waals surface area contributed by atoms with Crippen LogP contribution in [0.5, 0.6) is 0 Å². The number of carbonyl (C=O) groups excluding carboxylic acids is 1. The van der Waals surface area contributed by atoms with Crippen molar-refractivity contribution < 1.29 is 9.53 Å². The van der Waals surface area contributed by atoms with Gasteiger partial charge in [-0.25, -0.2) is 0 Å². The Bertz CT molecular complexity index is 251. The fraction of sp³-hybridized carbons (Fsp3) is 0.750. The number of hydrogen-bond acceptors (Lipinski definition) is 2. The molecule has 0 N–H and O–H groups in total. The van der Waals surface area contributed by atoms with Crippen LogP contribution in [0.1, 0.15) is 39.0 Å². The minimum Gasteiger partial charge on any atom is -0.375 e. The molecule has 1 spiro atoms. The van der Waals surface area contributed by atoms with E-state index in [9.17, 15) is 4.79 Å². The lowest BCUT2D eigenvalue weighted by Gasteiger charge is -2.46. The Labute approximate surface area is 85.3 Å². The molecule has 0 amide bonds. The van der Waals surface area contributed by atoms with Crippen molar-refractivity contribution in [3.05, 3.63) is 12.2 Å². The Kier molecular flexibility index (Phi) is 2.73. The normalized spacial score (nSPS) is 30.5. The van der Waals surface area contributed by atoms with Crippen LogP contribution < -0.4 is 0 Å². The summed E-state index contributed by atoms with van der Waals surface area (Å²) >= 11 is 0. The summed E-state index contributed by atoms with van der Waals surface area (Å²) in [5, 5.41) is 0. The van der Waals surface area contributed by atoms with Gasteiger partial charge in [0.05, 0.1) is 5.60 Å². The second kappa shape index (κ2) is 3.85. The predicted octanol–water partition coefficient (Wildman–Crippen LogP) is 2.48. The molecule has 0 bridgehead atoms. The van der Waals surface area contributed by atoms with E-state index in [0.717, 1.165) is 32.3 Å². The van der Waals surface area contributed by atoms with Crippen LogP contribution in [0.15, 0.2) is 12.2 Å². The molecule has 0 aromatic carbocycles. The lowest BCUT2D eigenvalue weighted by molar-refractivity contribution is -0.153. The highest BCUT2D eigenvalue weighted by Gasteiger charge is 2.43. The minimum atomic E-state index is 0.0974. The van der Waals surface area contributed by atoms with Gasteiger partial charge in [-0.05, 0) is 45.1 Å². The third-order valence-corrected chi connectivity index (χ3v) is 3.49. The van der Waals surface area contributed by atoms with E-state index in [-0.39, 0.29) is 11.5 Å². The average Bonchev–Trinajstić information content (AvgIpc) is 2.16. The molecule has 14 heavy (non-hydrogen) atoms. The maximum atomic E-state index is 11.7. The Morgan fingerprint density at radius 1 is 1.50 bits per heavy atom. The smallest absolute Gasteiger partial charge is 0.158 e. The SMILES string of the molecule is C/C=C/C(=O)C1CCOC2(CCC2)C1. The molecular formula is C12H18O2. The Morgan fingerprint density at radius 2 is 2.29 bits per heavy atom. The van der Waals surface area contributed by atoms with E-state index in [2.05, 4.69) is 0 Å². The lowest BCUT2D eigenvalue weighted by atomic mass is 9.71. The van der Waals surface area contributed by atoms with Crippen molar-refractivity contribution in [3.63, 3.8) is 0 Å². The zero-order valence-corrected chi connectivity index (χ0v) is 8.79. The van der Waals surface area contributed by atoms with Crippen molar-refractivity contribution in [1.29, 1.82) is 0 Å². The third kappa shape index (κ3) is 1.76. The van der Waals surface area contributed by atoms with Crippen molar-refractivity contribution >= 4 is 5.78 Å². The molecule has 1 heterocycles. The van der Waals surface area contributed by atoms with Crippen LogP contribution in [0.4, 0.5) is 0 Å². The Balaban J connectivity index is 1.97. The first-order valence-electron chi connectivity index (χ1n) is 5.56. The predicted molar refractivity (Wildman–Crippen MR) is 55.1 cm³/mol. The molecule has 1 aliphatic heterocycles. The van der Waals surface area contributed by atoms with E-state index in [4.69, 9.17) is 4.74 Å². The van der Waals surface area contributed by atoms with Crippen molar-refractivity contribution in [2.24, 2.45) is 5.92 Å². The zero-order chi connectivity index (χ0) is 10.0. The first kappa shape index (κ1) is 9.91. The molecule has 2 fully saturated rings. The molecule has 2 rings (SSSR count). The van der Waals surface area contributed by atoms with E-state index < -0.39 is 0 Å². The second-order valence-corrected chi connectivity index (χ2v) is 4.48. The van der Waals surface area contributed by atoms with Crippen LogP contribution in [0.3, 0.4) is 0 Å². The number of allylic oxidation sites excluding steroid dienone is 2. The van der Waals surface area contributed by atoms with Gasteiger partial charge < -0.3 is 4.74 Å². The van der Waals surface area contributed by atoms with E-state index in [1.807, 2.05) is 13.0 Å². The summed E-state index contributed by atoms with van der Waals surface area (Å²) in [6.07, 6.45) is 9.00. The van der Waals surface area contributed by atoms with Crippen molar-refractivity contribution in [3.8, 4) is 0 Å². The molecule has 0 radical (unpaired) electrons. The quantitative estimate of drug-likeness (QED) is 0.631. The highest BCUT2D eigenvalue weighted by Crippen LogP contribution is 2.44. The van der Waals surface area contributed by atoms with Crippen LogP contribution in [-0.4, -0.2) is 18.0 Å². The van der Waals surface area contributed by atoms with Gasteiger partial charge in [-0.3, -0.25) is 4.79 Å². The maximum absolute atomic E-state index is 11.7. The molecule has 1 aliphatic carbocycles. The van der Waals surface area contributed by atoms with Crippen LogP contribution >= 0.6 is 0 Å². The molecule has 1 saturated heterocycles. The molecule has 0 aromatic heterocycles. The number of rotatable bonds is 2. The van der Waals surface area contributed by atoms with E-state index in [0.29, 0.717) is 5.78 Å². The van der Waals surface area contributed by atoms with Gasteiger partial charge >= 0.3 is 0 Å². The molecule has 2 nitrogen and oxygen atoms in total. The Morgan fingerprint density at radius 3 is 2.86 bits per heavy atom. The van der Waals surface area contributed by atoms with Crippen LogP contribution in [0.25, 0.3) is 0 Å². The molecule has 1 atom stereocenters. The molecule has 78 valence electrons. The lowest BCUT2D eigenvalue weighted by Crippen LogP contribution is -2.46. The monoisotopic (exact) mass is 194 g/mol. The summed E-state index contributed by atoms with van der Waals surface area (Å²) < 4.78 is 5.78. The van der Waals surface area contributed by atoms with Crippen molar-refractivity contribution in [1.82, 2.24) is 0 Å². The van der Waals surface area contributed by atoms with Gasteiger partial charge in [0.15, 0.2) is 5.78 Å². The molecule has 1 unspecified atom stereocenters. The van der Waals surface area contributed by atoms with Crippen LogP contribution in [0, 0.1) is 5.92 Å². The van der Waals surface area contributed by atoms with Gasteiger partial charge in [-0.15, -0.1) is 0 Å². The first-order chi connectivity index (χ1) is 6.76. The van der Waals surface area contributed by atoms with Crippen molar-refractivity contribution in [2.45, 2.75) is 44.6 Å². The summed E-state index contributed by atoms with van der Waals surface area (Å²) in [5.41, 5.74) is 0.0974. The molecule has 0 aromatic rings. The maximum Gasteiger partial charge on any atom is 0.158 e. The van der Waals surface area contributed by atoms with E-state index >= 15 is 0 Å². The second-order valence-electron chi connectivity index (χ2n) is 4.48. The fourth-order valence-corrected chi connectivity index (χ4v) is 2.49.